The molecule has 1 aromatic carbocycles. The number of carboxylic acid groups (broad SMARTS) is 1. The van der Waals surface area contributed by atoms with Crippen LogP contribution in [0.4, 0.5) is 0 Å². The predicted octanol–water partition coefficient (Wildman–Crippen LogP) is 1.57. The summed E-state index contributed by atoms with van der Waals surface area (Å²) in [5, 5.41) is 9.24. The molecule has 1 saturated heterocycles. The van der Waals surface area contributed by atoms with Crippen LogP contribution in [0.3, 0.4) is 0 Å². The number of aliphatic carboxylic acids is 1. The van der Waals surface area contributed by atoms with Gasteiger partial charge < -0.3 is 19.5 Å². The Morgan fingerprint density at radius 2 is 2.05 bits per heavy atom. The van der Waals surface area contributed by atoms with Crippen molar-refractivity contribution < 1.29 is 24.2 Å². The van der Waals surface area contributed by atoms with E-state index < -0.39 is 11.4 Å². The van der Waals surface area contributed by atoms with E-state index in [9.17, 15) is 14.7 Å². The summed E-state index contributed by atoms with van der Waals surface area (Å²) < 4.78 is 10.4. The molecular weight excluding hydrogens is 286 g/mol. The van der Waals surface area contributed by atoms with Crippen molar-refractivity contribution in [3.63, 3.8) is 0 Å². The molecule has 6 nitrogen and oxygen atoms in total. The van der Waals surface area contributed by atoms with E-state index in [1.165, 1.54) is 0 Å². The number of carbonyl (C=O) groups is 2. The molecule has 1 aromatic rings. The Morgan fingerprint density at radius 1 is 1.32 bits per heavy atom. The van der Waals surface area contributed by atoms with E-state index in [1.807, 2.05) is 0 Å². The first-order valence-electron chi connectivity index (χ1n) is 7.11. The van der Waals surface area contributed by atoms with Crippen molar-refractivity contribution in [3.05, 3.63) is 23.8 Å². The number of rotatable bonds is 5. The molecule has 0 aromatic heterocycles. The molecule has 1 aliphatic heterocycles. The third kappa shape index (κ3) is 3.16. The van der Waals surface area contributed by atoms with Gasteiger partial charge in [-0.25, -0.2) is 0 Å². The molecule has 120 valence electrons. The number of amides is 1. The standard InChI is InChI=1S/C16H21NO5/c1-16(15(19)20)6-7-17(10-16)14(18)9-11-8-12(21-2)4-5-13(11)22-3/h4-5,8H,6-7,9-10H2,1-3H3,(H,19,20). The zero-order valence-electron chi connectivity index (χ0n) is 13.1. The zero-order valence-corrected chi connectivity index (χ0v) is 13.1. The highest BCUT2D eigenvalue weighted by molar-refractivity contribution is 5.82. The van der Waals surface area contributed by atoms with Crippen molar-refractivity contribution in [3.8, 4) is 11.5 Å². The summed E-state index contributed by atoms with van der Waals surface area (Å²) in [4.78, 5) is 25.3. The second-order valence-corrected chi connectivity index (χ2v) is 5.79. The van der Waals surface area contributed by atoms with Crippen LogP contribution < -0.4 is 9.47 Å². The van der Waals surface area contributed by atoms with Crippen molar-refractivity contribution in [1.82, 2.24) is 4.90 Å². The van der Waals surface area contributed by atoms with Crippen LogP contribution >= 0.6 is 0 Å². The van der Waals surface area contributed by atoms with Gasteiger partial charge in [0.2, 0.25) is 5.91 Å². The van der Waals surface area contributed by atoms with Gasteiger partial charge in [0.05, 0.1) is 26.1 Å². The van der Waals surface area contributed by atoms with Gasteiger partial charge in [-0.1, -0.05) is 0 Å². The summed E-state index contributed by atoms with van der Waals surface area (Å²) in [6.07, 6.45) is 0.638. The average Bonchev–Trinajstić information content (AvgIpc) is 2.91. The Kier molecular flexibility index (Phi) is 4.59. The van der Waals surface area contributed by atoms with Gasteiger partial charge in [0.1, 0.15) is 11.5 Å². The summed E-state index contributed by atoms with van der Waals surface area (Å²) in [5.74, 6) is 0.313. The van der Waals surface area contributed by atoms with Crippen LogP contribution in [0, 0.1) is 5.41 Å². The van der Waals surface area contributed by atoms with E-state index in [1.54, 1.807) is 44.2 Å². The fourth-order valence-electron chi connectivity index (χ4n) is 2.64. The van der Waals surface area contributed by atoms with Crippen LogP contribution in [0.1, 0.15) is 18.9 Å². The maximum Gasteiger partial charge on any atom is 0.311 e. The van der Waals surface area contributed by atoms with E-state index in [0.717, 1.165) is 5.56 Å². The van der Waals surface area contributed by atoms with E-state index >= 15 is 0 Å². The minimum absolute atomic E-state index is 0.100. The molecule has 0 bridgehead atoms. The Balaban J connectivity index is 2.11. The van der Waals surface area contributed by atoms with Crippen LogP contribution in [-0.4, -0.2) is 49.2 Å². The van der Waals surface area contributed by atoms with Crippen molar-refractivity contribution in [2.75, 3.05) is 27.3 Å². The van der Waals surface area contributed by atoms with Crippen LogP contribution in [0.15, 0.2) is 18.2 Å². The zero-order chi connectivity index (χ0) is 16.3. The first-order chi connectivity index (χ1) is 10.4. The van der Waals surface area contributed by atoms with E-state index in [0.29, 0.717) is 24.5 Å². The SMILES string of the molecule is COc1ccc(OC)c(CC(=O)N2CCC(C)(C(=O)O)C2)c1. The number of likely N-dealkylation sites (tertiary alicyclic amines) is 1. The third-order valence-electron chi connectivity index (χ3n) is 4.17. The lowest BCUT2D eigenvalue weighted by Gasteiger charge is -2.20. The van der Waals surface area contributed by atoms with Crippen molar-refractivity contribution in [1.29, 1.82) is 0 Å². The number of benzene rings is 1. The predicted molar refractivity (Wildman–Crippen MR) is 80.2 cm³/mol. The maximum atomic E-state index is 12.4. The van der Waals surface area contributed by atoms with Gasteiger partial charge in [-0.15, -0.1) is 0 Å². The lowest BCUT2D eigenvalue weighted by Crippen LogP contribution is -2.35. The molecule has 1 heterocycles. The Bertz CT molecular complexity index is 586. The highest BCUT2D eigenvalue weighted by atomic mass is 16.5. The highest BCUT2D eigenvalue weighted by Crippen LogP contribution is 2.31. The molecule has 1 N–H and O–H groups in total. The lowest BCUT2D eigenvalue weighted by atomic mass is 9.90. The summed E-state index contributed by atoms with van der Waals surface area (Å²) in [6.45, 7) is 2.39. The summed E-state index contributed by atoms with van der Waals surface area (Å²) in [7, 11) is 3.11. The van der Waals surface area contributed by atoms with Crippen LogP contribution in [0.5, 0.6) is 11.5 Å². The quantitative estimate of drug-likeness (QED) is 0.893. The molecule has 0 saturated carbocycles. The summed E-state index contributed by atoms with van der Waals surface area (Å²) in [6, 6.07) is 5.29. The molecule has 6 heteroatoms. The molecule has 1 atom stereocenters. The molecule has 0 aliphatic carbocycles. The number of methoxy groups -OCH3 is 2. The molecule has 0 spiro atoms. The average molecular weight is 307 g/mol. The lowest BCUT2D eigenvalue weighted by molar-refractivity contribution is -0.147. The Labute approximate surface area is 129 Å². The number of carbonyl (C=O) groups excluding carboxylic acids is 1. The molecule has 1 aliphatic rings. The van der Waals surface area contributed by atoms with Gasteiger partial charge in [0, 0.05) is 18.7 Å². The molecule has 2 rings (SSSR count). The van der Waals surface area contributed by atoms with E-state index in [-0.39, 0.29) is 18.9 Å². The molecule has 1 amide bonds. The van der Waals surface area contributed by atoms with Gasteiger partial charge in [-0.3, -0.25) is 9.59 Å². The molecule has 1 fully saturated rings. The van der Waals surface area contributed by atoms with Crippen molar-refractivity contribution >= 4 is 11.9 Å². The number of hydrogen-bond donors (Lipinski definition) is 1. The van der Waals surface area contributed by atoms with Gasteiger partial charge >= 0.3 is 5.97 Å². The number of carboxylic acids is 1. The summed E-state index contributed by atoms with van der Waals surface area (Å²) >= 11 is 0. The Hall–Kier alpha value is -2.24. The first-order valence-corrected chi connectivity index (χ1v) is 7.11. The molecule has 1 unspecified atom stereocenters. The van der Waals surface area contributed by atoms with Crippen LogP contribution in [-0.2, 0) is 16.0 Å². The molecular formula is C16H21NO5. The van der Waals surface area contributed by atoms with Gasteiger partial charge in [-0.05, 0) is 31.5 Å². The largest absolute Gasteiger partial charge is 0.497 e. The maximum absolute atomic E-state index is 12.4. The second kappa shape index (κ2) is 6.25. The fourth-order valence-corrected chi connectivity index (χ4v) is 2.64. The van der Waals surface area contributed by atoms with Crippen LogP contribution in [0.2, 0.25) is 0 Å². The molecule has 0 radical (unpaired) electrons. The number of ether oxygens (including phenoxy) is 2. The van der Waals surface area contributed by atoms with E-state index in [2.05, 4.69) is 0 Å². The van der Waals surface area contributed by atoms with Gasteiger partial charge in [0.25, 0.3) is 0 Å². The van der Waals surface area contributed by atoms with Crippen LogP contribution in [0.25, 0.3) is 0 Å². The third-order valence-corrected chi connectivity index (χ3v) is 4.17. The highest BCUT2D eigenvalue weighted by Gasteiger charge is 2.42. The van der Waals surface area contributed by atoms with Crippen molar-refractivity contribution in [2.24, 2.45) is 5.41 Å². The minimum Gasteiger partial charge on any atom is -0.497 e. The number of nitrogens with zero attached hydrogens (tertiary/aromatic N) is 1. The Morgan fingerprint density at radius 3 is 2.59 bits per heavy atom. The minimum atomic E-state index is -0.859. The normalized spacial score (nSPS) is 20.8. The molecule has 22 heavy (non-hydrogen) atoms. The topological polar surface area (TPSA) is 76.1 Å². The van der Waals surface area contributed by atoms with Gasteiger partial charge in [-0.2, -0.15) is 0 Å². The fraction of sp³-hybridized carbons (Fsp3) is 0.500. The first kappa shape index (κ1) is 16.1. The van der Waals surface area contributed by atoms with Crippen molar-refractivity contribution in [2.45, 2.75) is 19.8 Å². The monoisotopic (exact) mass is 307 g/mol. The van der Waals surface area contributed by atoms with E-state index in [4.69, 9.17) is 9.47 Å². The second-order valence-electron chi connectivity index (χ2n) is 5.79. The van der Waals surface area contributed by atoms with Gasteiger partial charge in [0.15, 0.2) is 0 Å². The number of hydrogen-bond acceptors (Lipinski definition) is 4. The summed E-state index contributed by atoms with van der Waals surface area (Å²) in [5.41, 5.74) is -0.121. The smallest absolute Gasteiger partial charge is 0.311 e.